The lowest BCUT2D eigenvalue weighted by Crippen LogP contribution is -3.00. The zero-order chi connectivity index (χ0) is 15.4. The predicted molar refractivity (Wildman–Crippen MR) is 87.7 cm³/mol. The van der Waals surface area contributed by atoms with Gasteiger partial charge in [-0.15, -0.1) is 0 Å². The van der Waals surface area contributed by atoms with E-state index in [1.165, 1.54) is 49.7 Å². The number of benzene rings is 1. The number of hydrogen-bond acceptors (Lipinski definition) is 2. The summed E-state index contributed by atoms with van der Waals surface area (Å²) in [5.41, 5.74) is 0.666. The molecular weight excluding hydrogens is 354 g/mol. The zero-order valence-corrected chi connectivity index (χ0v) is 15.6. The Bertz CT molecular complexity index is 491. The van der Waals surface area contributed by atoms with Gasteiger partial charge in [-0.3, -0.25) is 0 Å². The summed E-state index contributed by atoms with van der Waals surface area (Å²) < 4.78 is 6.95. The van der Waals surface area contributed by atoms with Crippen LogP contribution in [0, 0.1) is 0 Å². The molecular formula is C19H28BrNO2. The van der Waals surface area contributed by atoms with Gasteiger partial charge in [0.25, 0.3) is 0 Å². The minimum absolute atomic E-state index is 0. The minimum atomic E-state index is -0.164. The van der Waals surface area contributed by atoms with Gasteiger partial charge in [0.2, 0.25) is 0 Å². The van der Waals surface area contributed by atoms with Gasteiger partial charge in [0.05, 0.1) is 31.7 Å². The van der Waals surface area contributed by atoms with E-state index in [4.69, 9.17) is 4.74 Å². The second-order valence-electron chi connectivity index (χ2n) is 7.19. The first-order valence-electron chi connectivity index (χ1n) is 8.78. The summed E-state index contributed by atoms with van der Waals surface area (Å²) in [4.78, 5) is 12.1. The van der Waals surface area contributed by atoms with Crippen LogP contribution in [0.3, 0.4) is 0 Å². The number of rotatable bonds is 3. The van der Waals surface area contributed by atoms with Crippen molar-refractivity contribution < 1.29 is 31.0 Å². The number of likely N-dealkylation sites (tertiary alicyclic amines) is 1. The van der Waals surface area contributed by atoms with Crippen LogP contribution in [0.5, 0.6) is 0 Å². The Kier molecular flexibility index (Phi) is 6.66. The van der Waals surface area contributed by atoms with Crippen molar-refractivity contribution in [3.8, 4) is 0 Å². The summed E-state index contributed by atoms with van der Waals surface area (Å²) >= 11 is 0. The number of esters is 1. The van der Waals surface area contributed by atoms with Crippen LogP contribution in [-0.4, -0.2) is 42.7 Å². The van der Waals surface area contributed by atoms with E-state index in [1.807, 2.05) is 30.3 Å². The SMILES string of the molecule is C[N+]1(C2CCC(OC(=O)c3ccccc3)CC2)CCCCC1.[Br-]. The maximum absolute atomic E-state index is 12.1. The Balaban J connectivity index is 0.00000192. The molecule has 1 aliphatic carbocycles. The van der Waals surface area contributed by atoms with Gasteiger partial charge in [0.15, 0.2) is 0 Å². The summed E-state index contributed by atoms with van der Waals surface area (Å²) in [5.74, 6) is -0.164. The van der Waals surface area contributed by atoms with Crippen molar-refractivity contribution in [2.75, 3.05) is 20.1 Å². The highest BCUT2D eigenvalue weighted by Gasteiger charge is 2.37. The molecule has 1 aliphatic heterocycles. The van der Waals surface area contributed by atoms with Gasteiger partial charge < -0.3 is 26.2 Å². The fraction of sp³-hybridized carbons (Fsp3) is 0.632. The molecule has 0 bridgehead atoms. The first kappa shape index (κ1) is 18.5. The summed E-state index contributed by atoms with van der Waals surface area (Å²) in [6.45, 7) is 2.66. The molecule has 4 heteroatoms. The molecule has 0 unspecified atom stereocenters. The molecule has 0 N–H and O–H groups in total. The first-order chi connectivity index (χ1) is 10.7. The molecule has 23 heavy (non-hydrogen) atoms. The van der Waals surface area contributed by atoms with Crippen LogP contribution < -0.4 is 17.0 Å². The molecule has 1 aromatic rings. The van der Waals surface area contributed by atoms with E-state index in [0.717, 1.165) is 18.9 Å². The van der Waals surface area contributed by atoms with E-state index >= 15 is 0 Å². The Morgan fingerprint density at radius 3 is 2.22 bits per heavy atom. The quantitative estimate of drug-likeness (QED) is 0.571. The van der Waals surface area contributed by atoms with Crippen molar-refractivity contribution >= 4 is 5.97 Å². The lowest BCUT2D eigenvalue weighted by atomic mass is 9.89. The van der Waals surface area contributed by atoms with Crippen molar-refractivity contribution in [2.45, 2.75) is 57.1 Å². The molecule has 0 amide bonds. The van der Waals surface area contributed by atoms with Crippen LogP contribution in [0.15, 0.2) is 30.3 Å². The molecule has 2 aliphatic rings. The largest absolute Gasteiger partial charge is 1.00 e. The van der Waals surface area contributed by atoms with Crippen LogP contribution in [0.25, 0.3) is 0 Å². The number of quaternary nitrogens is 1. The van der Waals surface area contributed by atoms with E-state index in [1.54, 1.807) is 0 Å². The van der Waals surface area contributed by atoms with E-state index < -0.39 is 0 Å². The molecule has 0 spiro atoms. The molecule has 0 radical (unpaired) electrons. The fourth-order valence-electron chi connectivity index (χ4n) is 4.18. The highest BCUT2D eigenvalue weighted by atomic mass is 79.9. The molecule has 3 nitrogen and oxygen atoms in total. The predicted octanol–water partition coefficient (Wildman–Crippen LogP) is 0.789. The Labute approximate surface area is 150 Å². The summed E-state index contributed by atoms with van der Waals surface area (Å²) in [6, 6.07) is 10.1. The second-order valence-corrected chi connectivity index (χ2v) is 7.19. The average molecular weight is 382 g/mol. The molecule has 3 rings (SSSR count). The van der Waals surface area contributed by atoms with Crippen molar-refractivity contribution in [3.05, 3.63) is 35.9 Å². The van der Waals surface area contributed by atoms with E-state index in [0.29, 0.717) is 5.56 Å². The Morgan fingerprint density at radius 2 is 1.61 bits per heavy atom. The molecule has 1 saturated heterocycles. The van der Waals surface area contributed by atoms with Crippen molar-refractivity contribution in [1.29, 1.82) is 0 Å². The number of piperidine rings is 1. The normalized spacial score (nSPS) is 26.8. The fourth-order valence-corrected chi connectivity index (χ4v) is 4.18. The third-order valence-electron chi connectivity index (χ3n) is 5.65. The van der Waals surface area contributed by atoms with Crippen molar-refractivity contribution in [2.24, 2.45) is 0 Å². The highest BCUT2D eigenvalue weighted by Crippen LogP contribution is 2.32. The lowest BCUT2D eigenvalue weighted by Gasteiger charge is -2.46. The number of carbonyl (C=O) groups excluding carboxylic acids is 1. The number of halogens is 1. The molecule has 1 aromatic carbocycles. The van der Waals surface area contributed by atoms with E-state index in [2.05, 4.69) is 7.05 Å². The molecule has 128 valence electrons. The van der Waals surface area contributed by atoms with Crippen molar-refractivity contribution in [3.63, 3.8) is 0 Å². The Hall–Kier alpha value is -0.870. The van der Waals surface area contributed by atoms with Crippen LogP contribution in [-0.2, 0) is 4.74 Å². The van der Waals surface area contributed by atoms with Gasteiger partial charge in [-0.25, -0.2) is 4.79 Å². The van der Waals surface area contributed by atoms with Crippen LogP contribution in [0.4, 0.5) is 0 Å². The summed E-state index contributed by atoms with van der Waals surface area (Å²) in [6.07, 6.45) is 8.71. The maximum atomic E-state index is 12.1. The van der Waals surface area contributed by atoms with Gasteiger partial charge in [-0.05, 0) is 44.2 Å². The molecule has 0 atom stereocenters. The van der Waals surface area contributed by atoms with Gasteiger partial charge in [0.1, 0.15) is 6.10 Å². The van der Waals surface area contributed by atoms with Gasteiger partial charge in [-0.1, -0.05) is 18.2 Å². The minimum Gasteiger partial charge on any atom is -1.00 e. The average Bonchev–Trinajstić information content (AvgIpc) is 2.57. The number of carbonyl (C=O) groups is 1. The van der Waals surface area contributed by atoms with Crippen LogP contribution in [0.2, 0.25) is 0 Å². The third kappa shape index (κ3) is 4.57. The van der Waals surface area contributed by atoms with Gasteiger partial charge >= 0.3 is 5.97 Å². The van der Waals surface area contributed by atoms with E-state index in [-0.39, 0.29) is 29.1 Å². The van der Waals surface area contributed by atoms with Crippen molar-refractivity contribution in [1.82, 2.24) is 0 Å². The smallest absolute Gasteiger partial charge is 0.338 e. The molecule has 0 aromatic heterocycles. The zero-order valence-electron chi connectivity index (χ0n) is 14.0. The highest BCUT2D eigenvalue weighted by molar-refractivity contribution is 5.89. The standard InChI is InChI=1S/C19H28NO2.BrH/c1-20(14-6-3-7-15-20)17-10-12-18(13-11-17)22-19(21)16-8-4-2-5-9-16;/h2,4-5,8-9,17-18H,3,6-7,10-15H2,1H3;1H/q+1;/p-1. The first-order valence-corrected chi connectivity index (χ1v) is 8.78. The maximum Gasteiger partial charge on any atom is 0.338 e. The monoisotopic (exact) mass is 381 g/mol. The lowest BCUT2D eigenvalue weighted by molar-refractivity contribution is -0.939. The van der Waals surface area contributed by atoms with Gasteiger partial charge in [0, 0.05) is 12.8 Å². The topological polar surface area (TPSA) is 26.3 Å². The van der Waals surface area contributed by atoms with E-state index in [9.17, 15) is 4.79 Å². The van der Waals surface area contributed by atoms with Crippen LogP contribution >= 0.6 is 0 Å². The van der Waals surface area contributed by atoms with Gasteiger partial charge in [-0.2, -0.15) is 0 Å². The number of hydrogen-bond donors (Lipinski definition) is 0. The molecule has 2 fully saturated rings. The molecule has 1 saturated carbocycles. The third-order valence-corrected chi connectivity index (χ3v) is 5.65. The molecule has 1 heterocycles. The summed E-state index contributed by atoms with van der Waals surface area (Å²) in [7, 11) is 2.43. The second kappa shape index (κ2) is 8.29. The number of ether oxygens (including phenoxy) is 1. The Morgan fingerprint density at radius 1 is 1.00 bits per heavy atom. The number of nitrogens with zero attached hydrogens (tertiary/aromatic N) is 1. The van der Waals surface area contributed by atoms with Crippen LogP contribution in [0.1, 0.15) is 55.3 Å². The summed E-state index contributed by atoms with van der Waals surface area (Å²) in [5, 5.41) is 0.